The standard InChI is InChI=1S/C20H21ClN2O4S/c1-23(11-18(24)22-15-8-4-3-7-14(15)21)19(25)12-27-20(26)17-10-13-6-2-5-9-16(13)28-17/h3-4,7-8,10H,2,5-6,9,11-12H2,1H3,(H,22,24). The molecule has 6 nitrogen and oxygen atoms in total. The highest BCUT2D eigenvalue weighted by Gasteiger charge is 2.20. The number of carbonyl (C=O) groups excluding carboxylic acids is 3. The van der Waals surface area contributed by atoms with E-state index in [1.165, 1.54) is 33.7 Å². The van der Waals surface area contributed by atoms with Crippen molar-refractivity contribution in [1.29, 1.82) is 0 Å². The summed E-state index contributed by atoms with van der Waals surface area (Å²) in [7, 11) is 1.48. The monoisotopic (exact) mass is 420 g/mol. The lowest BCUT2D eigenvalue weighted by atomic mass is 9.99. The van der Waals surface area contributed by atoms with E-state index in [2.05, 4.69) is 5.32 Å². The van der Waals surface area contributed by atoms with Gasteiger partial charge in [0.05, 0.1) is 17.3 Å². The largest absolute Gasteiger partial charge is 0.451 e. The second-order valence-electron chi connectivity index (χ2n) is 6.62. The van der Waals surface area contributed by atoms with E-state index < -0.39 is 18.5 Å². The van der Waals surface area contributed by atoms with Gasteiger partial charge in [-0.2, -0.15) is 0 Å². The average molecular weight is 421 g/mol. The van der Waals surface area contributed by atoms with Crippen LogP contribution in [0.5, 0.6) is 0 Å². The Labute approximate surface area is 172 Å². The van der Waals surface area contributed by atoms with Crippen molar-refractivity contribution in [2.45, 2.75) is 25.7 Å². The lowest BCUT2D eigenvalue weighted by Crippen LogP contribution is -2.37. The maximum Gasteiger partial charge on any atom is 0.348 e. The van der Waals surface area contributed by atoms with Crippen LogP contribution in [0.4, 0.5) is 5.69 Å². The Morgan fingerprint density at radius 3 is 2.71 bits per heavy atom. The van der Waals surface area contributed by atoms with E-state index in [1.54, 1.807) is 24.3 Å². The van der Waals surface area contributed by atoms with E-state index in [9.17, 15) is 14.4 Å². The number of halogens is 1. The molecule has 1 heterocycles. The number of thiophene rings is 1. The summed E-state index contributed by atoms with van der Waals surface area (Å²) >= 11 is 7.44. The number of nitrogens with zero attached hydrogens (tertiary/aromatic N) is 1. The van der Waals surface area contributed by atoms with Crippen LogP contribution in [0, 0.1) is 0 Å². The van der Waals surface area contributed by atoms with Gasteiger partial charge in [-0.05, 0) is 49.4 Å². The molecule has 0 radical (unpaired) electrons. The van der Waals surface area contributed by atoms with E-state index >= 15 is 0 Å². The molecule has 8 heteroatoms. The number of aryl methyl sites for hydroxylation is 2. The van der Waals surface area contributed by atoms with Crippen LogP contribution in [0.25, 0.3) is 0 Å². The second kappa shape index (κ2) is 9.21. The van der Waals surface area contributed by atoms with E-state index in [0.29, 0.717) is 15.6 Å². The third-order valence-corrected chi connectivity index (χ3v) is 6.03. The number of carbonyl (C=O) groups is 3. The highest BCUT2D eigenvalue weighted by molar-refractivity contribution is 7.14. The van der Waals surface area contributed by atoms with Gasteiger partial charge in [-0.3, -0.25) is 9.59 Å². The third-order valence-electron chi connectivity index (χ3n) is 4.48. The van der Waals surface area contributed by atoms with Crippen LogP contribution in [-0.2, 0) is 27.2 Å². The van der Waals surface area contributed by atoms with Gasteiger partial charge in [-0.1, -0.05) is 23.7 Å². The molecule has 3 rings (SSSR count). The van der Waals surface area contributed by atoms with Crippen LogP contribution < -0.4 is 5.32 Å². The summed E-state index contributed by atoms with van der Waals surface area (Å²) in [6.45, 7) is -0.577. The normalized spacial score (nSPS) is 12.8. The summed E-state index contributed by atoms with van der Waals surface area (Å²) < 4.78 is 5.14. The number of fused-ring (bicyclic) bond motifs is 1. The van der Waals surface area contributed by atoms with Gasteiger partial charge >= 0.3 is 5.97 Å². The number of amides is 2. The van der Waals surface area contributed by atoms with Gasteiger partial charge in [-0.15, -0.1) is 11.3 Å². The first kappa shape index (κ1) is 20.4. The lowest BCUT2D eigenvalue weighted by Gasteiger charge is -2.17. The van der Waals surface area contributed by atoms with Crippen LogP contribution >= 0.6 is 22.9 Å². The summed E-state index contributed by atoms with van der Waals surface area (Å²) in [5, 5.41) is 3.06. The molecule has 0 fully saturated rings. The van der Waals surface area contributed by atoms with Crippen LogP contribution in [0.3, 0.4) is 0 Å². The molecule has 0 atom stereocenters. The number of para-hydroxylation sites is 1. The number of anilines is 1. The SMILES string of the molecule is CN(CC(=O)Nc1ccccc1Cl)C(=O)COC(=O)c1cc2c(s1)CCCC2. The van der Waals surface area contributed by atoms with Gasteiger partial charge in [0.2, 0.25) is 5.91 Å². The molecule has 1 aromatic carbocycles. The average Bonchev–Trinajstić information content (AvgIpc) is 3.12. The van der Waals surface area contributed by atoms with Crippen LogP contribution in [0.2, 0.25) is 5.02 Å². The molecule has 0 spiro atoms. The van der Waals surface area contributed by atoms with Gasteiger partial charge in [-0.25, -0.2) is 4.79 Å². The minimum atomic E-state index is -0.498. The number of likely N-dealkylation sites (N-methyl/N-ethyl adjacent to an activating group) is 1. The predicted molar refractivity (Wildman–Crippen MR) is 109 cm³/mol. The molecule has 28 heavy (non-hydrogen) atoms. The van der Waals surface area contributed by atoms with Crippen molar-refractivity contribution in [2.75, 3.05) is 25.5 Å². The van der Waals surface area contributed by atoms with Gasteiger partial charge in [0.25, 0.3) is 5.91 Å². The predicted octanol–water partition coefficient (Wildman–Crippen LogP) is 3.53. The summed E-state index contributed by atoms with van der Waals surface area (Å²) in [6, 6.07) is 8.70. The minimum absolute atomic E-state index is 0.172. The van der Waals surface area contributed by atoms with E-state index in [4.69, 9.17) is 16.3 Å². The van der Waals surface area contributed by atoms with Crippen LogP contribution in [-0.4, -0.2) is 42.9 Å². The van der Waals surface area contributed by atoms with Gasteiger partial charge in [0.1, 0.15) is 4.88 Å². The zero-order valence-electron chi connectivity index (χ0n) is 15.5. The van der Waals surface area contributed by atoms with Crippen molar-refractivity contribution in [3.63, 3.8) is 0 Å². The fourth-order valence-electron chi connectivity index (χ4n) is 2.96. The molecule has 0 unspecified atom stereocenters. The summed E-state index contributed by atoms with van der Waals surface area (Å²) in [5.74, 6) is -1.34. The molecule has 1 aliphatic rings. The summed E-state index contributed by atoms with van der Waals surface area (Å²) in [5.41, 5.74) is 1.69. The first-order valence-electron chi connectivity index (χ1n) is 9.01. The molecule has 2 aromatic rings. The van der Waals surface area contributed by atoms with Crippen molar-refractivity contribution < 1.29 is 19.1 Å². The Morgan fingerprint density at radius 2 is 1.96 bits per heavy atom. The van der Waals surface area contributed by atoms with Crippen LogP contribution in [0.15, 0.2) is 30.3 Å². The number of rotatable bonds is 6. The topological polar surface area (TPSA) is 75.7 Å². The maximum atomic E-state index is 12.2. The zero-order chi connectivity index (χ0) is 20.1. The zero-order valence-corrected chi connectivity index (χ0v) is 17.1. The molecule has 148 valence electrons. The molecule has 0 bridgehead atoms. The quantitative estimate of drug-likeness (QED) is 0.725. The molecule has 0 saturated carbocycles. The van der Waals surface area contributed by atoms with Crippen molar-refractivity contribution >= 4 is 46.4 Å². The molecular weight excluding hydrogens is 400 g/mol. The van der Waals surface area contributed by atoms with Gasteiger partial charge in [0.15, 0.2) is 6.61 Å². The second-order valence-corrected chi connectivity index (χ2v) is 8.16. The molecule has 0 saturated heterocycles. The number of nitrogens with one attached hydrogen (secondary N) is 1. The van der Waals surface area contributed by atoms with E-state index in [1.807, 2.05) is 6.07 Å². The molecule has 0 aliphatic heterocycles. The number of hydrogen-bond donors (Lipinski definition) is 1. The molecular formula is C20H21ClN2O4S. The Bertz CT molecular complexity index is 873. The Hall–Kier alpha value is -2.38. The molecule has 1 N–H and O–H groups in total. The van der Waals surface area contributed by atoms with E-state index in [-0.39, 0.29) is 12.5 Å². The third kappa shape index (κ3) is 5.11. The van der Waals surface area contributed by atoms with Crippen molar-refractivity contribution in [1.82, 2.24) is 4.90 Å². The van der Waals surface area contributed by atoms with Crippen molar-refractivity contribution in [3.8, 4) is 0 Å². The van der Waals surface area contributed by atoms with Gasteiger partial charge in [0, 0.05) is 11.9 Å². The number of hydrogen-bond acceptors (Lipinski definition) is 5. The summed E-state index contributed by atoms with van der Waals surface area (Å²) in [6.07, 6.45) is 4.26. The highest BCUT2D eigenvalue weighted by Crippen LogP contribution is 2.30. The van der Waals surface area contributed by atoms with E-state index in [0.717, 1.165) is 25.7 Å². The number of benzene rings is 1. The Balaban J connectivity index is 1.47. The fraction of sp³-hybridized carbons (Fsp3) is 0.350. The van der Waals surface area contributed by atoms with Crippen molar-refractivity contribution in [3.05, 3.63) is 50.7 Å². The number of esters is 1. The van der Waals surface area contributed by atoms with Crippen molar-refractivity contribution in [2.24, 2.45) is 0 Å². The van der Waals surface area contributed by atoms with Crippen LogP contribution in [0.1, 0.15) is 33.0 Å². The Morgan fingerprint density at radius 1 is 1.21 bits per heavy atom. The highest BCUT2D eigenvalue weighted by atomic mass is 35.5. The molecule has 1 aliphatic carbocycles. The number of ether oxygens (including phenoxy) is 1. The summed E-state index contributed by atoms with van der Waals surface area (Å²) in [4.78, 5) is 39.4. The smallest absolute Gasteiger partial charge is 0.348 e. The first-order chi connectivity index (χ1) is 13.4. The Kier molecular flexibility index (Phi) is 6.70. The first-order valence-corrected chi connectivity index (χ1v) is 10.2. The molecule has 2 amide bonds. The minimum Gasteiger partial charge on any atom is -0.451 e. The lowest BCUT2D eigenvalue weighted by molar-refractivity contribution is -0.136. The van der Waals surface area contributed by atoms with Gasteiger partial charge < -0.3 is 15.0 Å². The maximum absolute atomic E-state index is 12.2. The fourth-order valence-corrected chi connectivity index (χ4v) is 4.29. The molecule has 1 aromatic heterocycles.